The van der Waals surface area contributed by atoms with Gasteiger partial charge in [0.25, 0.3) is 0 Å². The maximum atomic E-state index is 12.8. The molecule has 0 aliphatic carbocycles. The third-order valence-electron chi connectivity index (χ3n) is 3.31. The monoisotopic (exact) mass is 330 g/mol. The first-order valence-corrected chi connectivity index (χ1v) is 8.04. The summed E-state index contributed by atoms with van der Waals surface area (Å²) in [4.78, 5) is 11.8. The minimum Gasteiger partial charge on any atom is -0.491 e. The van der Waals surface area contributed by atoms with Crippen molar-refractivity contribution in [1.82, 2.24) is 5.32 Å². The minimum atomic E-state index is -0.279. The first-order valence-electron chi connectivity index (χ1n) is 8.04. The van der Waals surface area contributed by atoms with Crippen LogP contribution in [0.5, 0.6) is 5.75 Å². The van der Waals surface area contributed by atoms with Crippen LogP contribution in [0.3, 0.4) is 0 Å². The van der Waals surface area contributed by atoms with Crippen LogP contribution < -0.4 is 15.4 Å². The van der Waals surface area contributed by atoms with Gasteiger partial charge in [-0.3, -0.25) is 4.79 Å². The van der Waals surface area contributed by atoms with E-state index in [1.165, 1.54) is 12.1 Å². The average molecular weight is 330 g/mol. The zero-order valence-corrected chi connectivity index (χ0v) is 14.0. The van der Waals surface area contributed by atoms with Crippen molar-refractivity contribution in [1.29, 1.82) is 0 Å². The highest BCUT2D eigenvalue weighted by molar-refractivity contribution is 5.76. The molecule has 0 saturated heterocycles. The first-order chi connectivity index (χ1) is 11.5. The molecule has 1 amide bonds. The fourth-order valence-corrected chi connectivity index (χ4v) is 2.14. The van der Waals surface area contributed by atoms with Gasteiger partial charge in [0, 0.05) is 25.2 Å². The number of nitrogens with one attached hydrogen (secondary N) is 2. The number of rotatable bonds is 8. The van der Waals surface area contributed by atoms with Crippen molar-refractivity contribution in [2.45, 2.75) is 32.9 Å². The van der Waals surface area contributed by atoms with Crippen molar-refractivity contribution in [3.63, 3.8) is 0 Å². The van der Waals surface area contributed by atoms with E-state index in [2.05, 4.69) is 10.6 Å². The Kier molecular flexibility index (Phi) is 6.61. The van der Waals surface area contributed by atoms with Crippen LogP contribution in [0.25, 0.3) is 0 Å². The molecule has 0 spiro atoms. The lowest BCUT2D eigenvalue weighted by atomic mass is 10.2. The number of hydrogen-bond donors (Lipinski definition) is 2. The van der Waals surface area contributed by atoms with Gasteiger partial charge in [0.05, 0.1) is 6.10 Å². The van der Waals surface area contributed by atoms with Gasteiger partial charge in [0.1, 0.15) is 11.6 Å². The topological polar surface area (TPSA) is 50.4 Å². The molecule has 0 aliphatic heterocycles. The maximum Gasteiger partial charge on any atom is 0.222 e. The second kappa shape index (κ2) is 8.91. The van der Waals surface area contributed by atoms with Gasteiger partial charge in [-0.1, -0.05) is 12.1 Å². The SMILES string of the molecule is CC(C)Oc1ccc(NCCC(=O)NCc2ccc(F)cc2)cc1. The van der Waals surface area contributed by atoms with Gasteiger partial charge in [0.2, 0.25) is 5.91 Å². The standard InChI is InChI=1S/C19H23FN2O2/c1-14(2)24-18-9-7-17(8-10-18)21-12-11-19(23)22-13-15-3-5-16(20)6-4-15/h3-10,14,21H,11-13H2,1-2H3,(H,22,23). The van der Waals surface area contributed by atoms with E-state index in [0.717, 1.165) is 17.0 Å². The smallest absolute Gasteiger partial charge is 0.222 e. The summed E-state index contributed by atoms with van der Waals surface area (Å²) in [5.41, 5.74) is 1.82. The summed E-state index contributed by atoms with van der Waals surface area (Å²) >= 11 is 0. The molecule has 0 radical (unpaired) electrons. The lowest BCUT2D eigenvalue weighted by Crippen LogP contribution is -2.24. The van der Waals surface area contributed by atoms with Crippen molar-refractivity contribution in [2.24, 2.45) is 0 Å². The third kappa shape index (κ3) is 6.28. The van der Waals surface area contributed by atoms with E-state index in [-0.39, 0.29) is 17.8 Å². The predicted octanol–water partition coefficient (Wildman–Crippen LogP) is 3.73. The summed E-state index contributed by atoms with van der Waals surface area (Å²) in [5.74, 6) is 0.498. The molecule has 128 valence electrons. The Hall–Kier alpha value is -2.56. The highest BCUT2D eigenvalue weighted by atomic mass is 19.1. The summed E-state index contributed by atoms with van der Waals surface area (Å²) in [6.45, 7) is 4.91. The Bertz CT molecular complexity index is 639. The molecule has 0 heterocycles. The quantitative estimate of drug-likeness (QED) is 0.775. The summed E-state index contributed by atoms with van der Waals surface area (Å²) in [5, 5.41) is 6.01. The molecule has 0 unspecified atom stereocenters. The molecule has 0 aromatic heterocycles. The molecule has 0 aliphatic rings. The van der Waals surface area contributed by atoms with Crippen molar-refractivity contribution in [3.05, 3.63) is 59.9 Å². The van der Waals surface area contributed by atoms with E-state index >= 15 is 0 Å². The number of benzene rings is 2. The second-order valence-electron chi connectivity index (χ2n) is 5.77. The molecule has 0 atom stereocenters. The zero-order valence-electron chi connectivity index (χ0n) is 14.0. The summed E-state index contributed by atoms with van der Waals surface area (Å²) in [6.07, 6.45) is 0.513. The molecule has 2 aromatic rings. The average Bonchev–Trinajstić information content (AvgIpc) is 2.55. The van der Waals surface area contributed by atoms with Crippen LogP contribution in [0, 0.1) is 5.82 Å². The van der Waals surface area contributed by atoms with E-state index in [9.17, 15) is 9.18 Å². The second-order valence-corrected chi connectivity index (χ2v) is 5.77. The Morgan fingerprint density at radius 3 is 2.38 bits per heavy atom. The van der Waals surface area contributed by atoms with Gasteiger partial charge >= 0.3 is 0 Å². The predicted molar refractivity (Wildman–Crippen MR) is 93.6 cm³/mol. The molecule has 0 bridgehead atoms. The molecule has 2 rings (SSSR count). The number of hydrogen-bond acceptors (Lipinski definition) is 3. The number of amides is 1. The molecule has 24 heavy (non-hydrogen) atoms. The Balaban J connectivity index is 1.67. The van der Waals surface area contributed by atoms with Gasteiger partial charge in [-0.25, -0.2) is 4.39 Å². The Morgan fingerprint density at radius 2 is 1.75 bits per heavy atom. The van der Waals surface area contributed by atoms with Crippen LogP contribution in [0.15, 0.2) is 48.5 Å². The molecule has 2 N–H and O–H groups in total. The zero-order chi connectivity index (χ0) is 17.4. The van der Waals surface area contributed by atoms with E-state index in [4.69, 9.17) is 4.74 Å². The fourth-order valence-electron chi connectivity index (χ4n) is 2.14. The highest BCUT2D eigenvalue weighted by Gasteiger charge is 2.02. The maximum absolute atomic E-state index is 12.8. The van der Waals surface area contributed by atoms with Gasteiger partial charge in [0.15, 0.2) is 0 Å². The van der Waals surface area contributed by atoms with Crippen molar-refractivity contribution in [3.8, 4) is 5.75 Å². The molecular formula is C19H23FN2O2. The summed E-state index contributed by atoms with van der Waals surface area (Å²) in [6, 6.07) is 13.7. The minimum absolute atomic E-state index is 0.0495. The lowest BCUT2D eigenvalue weighted by Gasteiger charge is -2.11. The van der Waals surface area contributed by atoms with Crippen LogP contribution in [-0.4, -0.2) is 18.6 Å². The number of anilines is 1. The van der Waals surface area contributed by atoms with Gasteiger partial charge in [-0.2, -0.15) is 0 Å². The Labute approximate surface area is 142 Å². The number of halogens is 1. The van der Waals surface area contributed by atoms with Crippen molar-refractivity contribution >= 4 is 11.6 Å². The van der Waals surface area contributed by atoms with E-state index in [1.807, 2.05) is 38.1 Å². The van der Waals surface area contributed by atoms with Crippen molar-refractivity contribution < 1.29 is 13.9 Å². The highest BCUT2D eigenvalue weighted by Crippen LogP contribution is 2.16. The van der Waals surface area contributed by atoms with E-state index < -0.39 is 0 Å². The molecule has 2 aromatic carbocycles. The summed E-state index contributed by atoms with van der Waals surface area (Å²) in [7, 11) is 0. The first kappa shape index (κ1) is 17.8. The molecule has 0 fully saturated rings. The molecule has 4 nitrogen and oxygen atoms in total. The normalized spacial score (nSPS) is 10.5. The largest absolute Gasteiger partial charge is 0.491 e. The van der Waals surface area contributed by atoms with Crippen LogP contribution in [0.2, 0.25) is 0 Å². The van der Waals surface area contributed by atoms with E-state index in [0.29, 0.717) is 19.5 Å². The molecule has 0 saturated carbocycles. The van der Waals surface area contributed by atoms with Gasteiger partial charge < -0.3 is 15.4 Å². The van der Waals surface area contributed by atoms with Crippen LogP contribution in [0.1, 0.15) is 25.8 Å². The fraction of sp³-hybridized carbons (Fsp3) is 0.316. The number of carbonyl (C=O) groups is 1. The summed E-state index contributed by atoms with van der Waals surface area (Å²) < 4.78 is 18.4. The lowest BCUT2D eigenvalue weighted by molar-refractivity contribution is -0.121. The number of ether oxygens (including phenoxy) is 1. The van der Waals surface area contributed by atoms with Gasteiger partial charge in [-0.05, 0) is 55.8 Å². The Morgan fingerprint density at radius 1 is 1.08 bits per heavy atom. The van der Waals surface area contributed by atoms with Crippen LogP contribution in [0.4, 0.5) is 10.1 Å². The molecule has 5 heteroatoms. The molecular weight excluding hydrogens is 307 g/mol. The van der Waals surface area contributed by atoms with Crippen LogP contribution >= 0.6 is 0 Å². The van der Waals surface area contributed by atoms with Gasteiger partial charge in [-0.15, -0.1) is 0 Å². The van der Waals surface area contributed by atoms with Crippen molar-refractivity contribution in [2.75, 3.05) is 11.9 Å². The third-order valence-corrected chi connectivity index (χ3v) is 3.31. The van der Waals surface area contributed by atoms with Crippen LogP contribution in [-0.2, 0) is 11.3 Å². The number of carbonyl (C=O) groups excluding carboxylic acids is 1. The van der Waals surface area contributed by atoms with E-state index in [1.54, 1.807) is 12.1 Å².